The Morgan fingerprint density at radius 3 is 2.43 bits per heavy atom. The minimum absolute atomic E-state index is 0.161. The summed E-state index contributed by atoms with van der Waals surface area (Å²) in [6.07, 6.45) is 4.21. The Bertz CT molecular complexity index is 741. The van der Waals surface area contributed by atoms with Gasteiger partial charge in [0.2, 0.25) is 0 Å². The van der Waals surface area contributed by atoms with Crippen LogP contribution >= 0.6 is 0 Å². The summed E-state index contributed by atoms with van der Waals surface area (Å²) in [7, 11) is 0. The van der Waals surface area contributed by atoms with Gasteiger partial charge in [-0.05, 0) is 25.0 Å². The molecule has 6 nitrogen and oxygen atoms in total. The third kappa shape index (κ3) is 1.82. The van der Waals surface area contributed by atoms with Gasteiger partial charge in [0.05, 0.1) is 12.6 Å². The minimum Gasteiger partial charge on any atom is -0.286 e. The van der Waals surface area contributed by atoms with Gasteiger partial charge in [-0.25, -0.2) is 14.3 Å². The van der Waals surface area contributed by atoms with E-state index in [1.165, 1.54) is 9.25 Å². The van der Waals surface area contributed by atoms with Crippen LogP contribution in [0, 0.1) is 0 Å². The van der Waals surface area contributed by atoms with Crippen LogP contribution in [-0.2, 0) is 6.54 Å². The van der Waals surface area contributed by atoms with Crippen molar-refractivity contribution < 1.29 is 4.79 Å². The van der Waals surface area contributed by atoms with Gasteiger partial charge >= 0.3 is 11.7 Å². The van der Waals surface area contributed by atoms with Crippen molar-refractivity contribution in [2.75, 3.05) is 4.90 Å². The zero-order chi connectivity index (χ0) is 14.4. The fourth-order valence-corrected chi connectivity index (χ4v) is 3.25. The van der Waals surface area contributed by atoms with E-state index < -0.39 is 0 Å². The highest BCUT2D eigenvalue weighted by Gasteiger charge is 2.35. The molecule has 0 radical (unpaired) electrons. The molecule has 0 bridgehead atoms. The second-order valence-corrected chi connectivity index (χ2v) is 5.62. The van der Waals surface area contributed by atoms with Crippen molar-refractivity contribution >= 4 is 11.7 Å². The summed E-state index contributed by atoms with van der Waals surface area (Å²) in [4.78, 5) is 26.5. The Balaban J connectivity index is 1.70. The largest absolute Gasteiger partial charge is 0.354 e. The number of aromatic nitrogens is 3. The maximum Gasteiger partial charge on any atom is 0.354 e. The molecule has 0 N–H and O–H groups in total. The molecule has 1 fully saturated rings. The van der Waals surface area contributed by atoms with E-state index >= 15 is 0 Å². The summed E-state index contributed by atoms with van der Waals surface area (Å²) in [5.74, 6) is 0.542. The maximum absolute atomic E-state index is 12.5. The summed E-state index contributed by atoms with van der Waals surface area (Å²) in [6, 6.07) is 9.23. The molecule has 1 saturated carbocycles. The zero-order valence-corrected chi connectivity index (χ0v) is 11.6. The number of rotatable bonds is 2. The molecule has 4 rings (SSSR count). The highest BCUT2D eigenvalue weighted by Crippen LogP contribution is 2.29. The molecular weight excluding hydrogens is 268 g/mol. The Labute approximate surface area is 121 Å². The van der Waals surface area contributed by atoms with Crippen molar-refractivity contribution in [1.29, 1.82) is 0 Å². The van der Waals surface area contributed by atoms with Crippen LogP contribution in [0.5, 0.6) is 0 Å². The summed E-state index contributed by atoms with van der Waals surface area (Å²) in [6.45, 7) is 0.359. The fourth-order valence-electron chi connectivity index (χ4n) is 3.25. The van der Waals surface area contributed by atoms with Gasteiger partial charge in [-0.3, -0.25) is 4.90 Å². The molecule has 21 heavy (non-hydrogen) atoms. The number of nitrogens with zero attached hydrogens (tertiary/aromatic N) is 4. The number of anilines is 1. The first-order valence-corrected chi connectivity index (χ1v) is 7.33. The first-order chi connectivity index (χ1) is 10.3. The summed E-state index contributed by atoms with van der Waals surface area (Å²) < 4.78 is 2.73. The number of amides is 1. The number of para-hydroxylation sites is 1. The molecule has 108 valence electrons. The third-order valence-electron chi connectivity index (χ3n) is 4.33. The molecule has 1 aromatic heterocycles. The molecule has 6 heteroatoms. The number of benzene rings is 1. The monoisotopic (exact) mass is 284 g/mol. The molecule has 2 heterocycles. The highest BCUT2D eigenvalue weighted by atomic mass is 16.2. The molecule has 1 aliphatic heterocycles. The molecule has 0 saturated heterocycles. The zero-order valence-electron chi connectivity index (χ0n) is 11.6. The number of hydrogen-bond donors (Lipinski definition) is 0. The molecule has 0 spiro atoms. The molecule has 2 aromatic rings. The quantitative estimate of drug-likeness (QED) is 0.849. The van der Waals surface area contributed by atoms with Crippen molar-refractivity contribution in [2.45, 2.75) is 38.3 Å². The van der Waals surface area contributed by atoms with Crippen molar-refractivity contribution in [2.24, 2.45) is 0 Å². The van der Waals surface area contributed by atoms with Crippen LogP contribution in [-0.4, -0.2) is 20.4 Å². The predicted molar refractivity (Wildman–Crippen MR) is 77.4 cm³/mol. The number of carbonyl (C=O) groups excluding carboxylic acids is 1. The van der Waals surface area contributed by atoms with Gasteiger partial charge in [0.1, 0.15) is 0 Å². The Morgan fingerprint density at radius 2 is 1.76 bits per heavy atom. The Hall–Kier alpha value is -2.37. The van der Waals surface area contributed by atoms with E-state index in [0.717, 1.165) is 31.4 Å². The van der Waals surface area contributed by atoms with E-state index in [4.69, 9.17) is 0 Å². The number of fused-ring (bicyclic) bond motifs is 1. The molecular formula is C15H16N4O2. The SMILES string of the molecule is O=C1N(c2ccccc2)Cc2nn(C3CCCC3)c(=O)n21. The standard InChI is InChI=1S/C15H16N4O2/c20-14-17(11-6-2-1-3-7-11)10-13-16-19(15(21)18(13)14)12-8-4-5-9-12/h1-3,6-7,12H,4-5,8-10H2. The lowest BCUT2D eigenvalue weighted by atomic mass is 10.3. The first kappa shape index (κ1) is 12.4. The van der Waals surface area contributed by atoms with E-state index in [1.54, 1.807) is 4.90 Å². The molecule has 1 amide bonds. The lowest BCUT2D eigenvalue weighted by Crippen LogP contribution is -2.35. The van der Waals surface area contributed by atoms with Crippen molar-refractivity contribution in [3.05, 3.63) is 46.6 Å². The van der Waals surface area contributed by atoms with Crippen LogP contribution in [0.3, 0.4) is 0 Å². The van der Waals surface area contributed by atoms with Crippen LogP contribution in [0.25, 0.3) is 0 Å². The molecule has 0 unspecified atom stereocenters. The van der Waals surface area contributed by atoms with Crippen LogP contribution in [0.2, 0.25) is 0 Å². The fraction of sp³-hybridized carbons (Fsp3) is 0.400. The normalized spacial score (nSPS) is 18.5. The van der Waals surface area contributed by atoms with E-state index in [0.29, 0.717) is 12.4 Å². The second-order valence-electron chi connectivity index (χ2n) is 5.62. The topological polar surface area (TPSA) is 60.1 Å². The lowest BCUT2D eigenvalue weighted by Gasteiger charge is -2.15. The van der Waals surface area contributed by atoms with Gasteiger partial charge in [0.25, 0.3) is 0 Å². The second kappa shape index (κ2) is 4.58. The maximum atomic E-state index is 12.5. The van der Waals surface area contributed by atoms with Gasteiger partial charge in [0, 0.05) is 5.69 Å². The van der Waals surface area contributed by atoms with Crippen LogP contribution in [0.15, 0.2) is 35.1 Å². The first-order valence-electron chi connectivity index (χ1n) is 7.33. The van der Waals surface area contributed by atoms with Gasteiger partial charge < -0.3 is 0 Å². The van der Waals surface area contributed by atoms with E-state index in [-0.39, 0.29) is 17.8 Å². The lowest BCUT2D eigenvalue weighted by molar-refractivity contribution is 0.249. The minimum atomic E-state index is -0.301. The van der Waals surface area contributed by atoms with Gasteiger partial charge in [0.15, 0.2) is 5.82 Å². The number of hydrogen-bond acceptors (Lipinski definition) is 3. The number of carbonyl (C=O) groups is 1. The van der Waals surface area contributed by atoms with Gasteiger partial charge in [-0.2, -0.15) is 9.67 Å². The van der Waals surface area contributed by atoms with E-state index in [9.17, 15) is 9.59 Å². The summed E-state index contributed by atoms with van der Waals surface area (Å²) >= 11 is 0. The average molecular weight is 284 g/mol. The Kier molecular flexibility index (Phi) is 2.70. The van der Waals surface area contributed by atoms with Gasteiger partial charge in [-0.1, -0.05) is 31.0 Å². The molecule has 2 aliphatic rings. The summed E-state index contributed by atoms with van der Waals surface area (Å²) in [5, 5.41) is 4.40. The molecule has 1 aromatic carbocycles. The smallest absolute Gasteiger partial charge is 0.286 e. The van der Waals surface area contributed by atoms with Crippen LogP contribution in [0.1, 0.15) is 37.5 Å². The average Bonchev–Trinajstić information content (AvgIpc) is 3.19. The van der Waals surface area contributed by atoms with Crippen molar-refractivity contribution in [3.8, 4) is 0 Å². The van der Waals surface area contributed by atoms with Crippen molar-refractivity contribution in [1.82, 2.24) is 14.3 Å². The highest BCUT2D eigenvalue weighted by molar-refractivity contribution is 5.95. The van der Waals surface area contributed by atoms with E-state index in [1.807, 2.05) is 30.3 Å². The van der Waals surface area contributed by atoms with Crippen LogP contribution in [0.4, 0.5) is 10.5 Å². The van der Waals surface area contributed by atoms with E-state index in [2.05, 4.69) is 5.10 Å². The van der Waals surface area contributed by atoms with Crippen LogP contribution < -0.4 is 10.6 Å². The predicted octanol–water partition coefficient (Wildman–Crippen LogP) is 2.15. The van der Waals surface area contributed by atoms with Crippen molar-refractivity contribution in [3.63, 3.8) is 0 Å². The molecule has 1 aliphatic carbocycles. The third-order valence-corrected chi connectivity index (χ3v) is 4.33. The Morgan fingerprint density at radius 1 is 1.05 bits per heavy atom. The summed E-state index contributed by atoms with van der Waals surface area (Å²) in [5.41, 5.74) is 0.500. The van der Waals surface area contributed by atoms with Gasteiger partial charge in [-0.15, -0.1) is 0 Å². The molecule has 0 atom stereocenters.